The minimum absolute atomic E-state index is 0.403. The van der Waals surface area contributed by atoms with Crippen LogP contribution in [0.5, 0.6) is 0 Å². The number of aliphatic hydroxyl groups excluding tert-OH is 1. The molecule has 4 heteroatoms. The van der Waals surface area contributed by atoms with Crippen molar-refractivity contribution >= 4 is 11.6 Å². The van der Waals surface area contributed by atoms with E-state index in [1.807, 2.05) is 18.2 Å². The number of aliphatic hydroxyl groups is 1. The topological polar surface area (TPSA) is 61.4 Å². The van der Waals surface area contributed by atoms with Gasteiger partial charge in [-0.25, -0.2) is 0 Å². The van der Waals surface area contributed by atoms with Crippen molar-refractivity contribution < 1.29 is 9.90 Å². The van der Waals surface area contributed by atoms with E-state index < -0.39 is 12.0 Å². The fraction of sp³-hybridized carbons (Fsp3) is 0.235. The fourth-order valence-electron chi connectivity index (χ4n) is 2.62. The van der Waals surface area contributed by atoms with E-state index in [1.54, 1.807) is 24.3 Å². The predicted octanol–water partition coefficient (Wildman–Crippen LogP) is 2.00. The van der Waals surface area contributed by atoms with Crippen LogP contribution in [0.25, 0.3) is 0 Å². The summed E-state index contributed by atoms with van der Waals surface area (Å²) in [7, 11) is 0. The Morgan fingerprint density at radius 1 is 1.14 bits per heavy atom. The summed E-state index contributed by atoms with van der Waals surface area (Å²) in [6, 6.07) is 14.8. The first kappa shape index (κ1) is 13.8. The third kappa shape index (κ3) is 2.96. The highest BCUT2D eigenvalue weighted by Gasteiger charge is 2.19. The molecule has 0 aliphatic carbocycles. The lowest BCUT2D eigenvalue weighted by molar-refractivity contribution is -0.124. The summed E-state index contributed by atoms with van der Waals surface area (Å²) in [6.07, 6.45) is -0.195. The quantitative estimate of drug-likeness (QED) is 0.807. The van der Waals surface area contributed by atoms with E-state index in [0.717, 1.165) is 30.8 Å². The van der Waals surface area contributed by atoms with E-state index in [4.69, 9.17) is 0 Å². The van der Waals surface area contributed by atoms with Crippen LogP contribution >= 0.6 is 0 Å². The molecule has 108 valence electrons. The minimum Gasteiger partial charge on any atom is -0.378 e. The van der Waals surface area contributed by atoms with Crippen LogP contribution in [0.4, 0.5) is 5.69 Å². The Balaban J connectivity index is 1.79. The number of nitrogens with one attached hydrogen (secondary N) is 2. The maximum Gasteiger partial charge on any atom is 0.257 e. The minimum atomic E-state index is -1.15. The van der Waals surface area contributed by atoms with Gasteiger partial charge in [0.05, 0.1) is 0 Å². The normalized spacial score (nSPS) is 15.1. The standard InChI is InChI=1S/C17H18N2O2/c20-16(13-5-2-1-3-6-13)17(21)19-15-8-4-7-12-9-10-18-11-14(12)15/h1-8,16,18,20H,9-11H2,(H,19,21). The second kappa shape index (κ2) is 6.08. The lowest BCUT2D eigenvalue weighted by Crippen LogP contribution is -2.27. The van der Waals surface area contributed by atoms with Crippen LogP contribution in [0.15, 0.2) is 48.5 Å². The van der Waals surface area contributed by atoms with Gasteiger partial charge in [-0.15, -0.1) is 0 Å². The van der Waals surface area contributed by atoms with Crippen LogP contribution in [0.1, 0.15) is 22.8 Å². The van der Waals surface area contributed by atoms with Crippen LogP contribution in [0.3, 0.4) is 0 Å². The SMILES string of the molecule is O=C(Nc1cccc2c1CNCC2)C(O)c1ccccc1. The number of anilines is 1. The van der Waals surface area contributed by atoms with Crippen molar-refractivity contribution in [3.63, 3.8) is 0 Å². The molecule has 0 saturated heterocycles. The molecular formula is C17H18N2O2. The van der Waals surface area contributed by atoms with Gasteiger partial charge < -0.3 is 15.7 Å². The second-order valence-electron chi connectivity index (χ2n) is 5.17. The van der Waals surface area contributed by atoms with Gasteiger partial charge in [0.2, 0.25) is 0 Å². The molecule has 1 heterocycles. The summed E-state index contributed by atoms with van der Waals surface area (Å²) in [4.78, 5) is 12.2. The second-order valence-corrected chi connectivity index (χ2v) is 5.17. The highest BCUT2D eigenvalue weighted by molar-refractivity contribution is 5.95. The average Bonchev–Trinajstić information content (AvgIpc) is 2.55. The Morgan fingerprint density at radius 2 is 1.95 bits per heavy atom. The van der Waals surface area contributed by atoms with Crippen LogP contribution in [-0.4, -0.2) is 17.6 Å². The molecule has 21 heavy (non-hydrogen) atoms. The Morgan fingerprint density at radius 3 is 2.76 bits per heavy atom. The molecule has 0 saturated carbocycles. The molecule has 0 bridgehead atoms. The zero-order valence-corrected chi connectivity index (χ0v) is 11.7. The van der Waals surface area contributed by atoms with Gasteiger partial charge in [0.25, 0.3) is 5.91 Å². The lowest BCUT2D eigenvalue weighted by Gasteiger charge is -2.21. The zero-order valence-electron chi connectivity index (χ0n) is 11.7. The maximum atomic E-state index is 12.2. The highest BCUT2D eigenvalue weighted by atomic mass is 16.3. The molecule has 4 nitrogen and oxygen atoms in total. The summed E-state index contributed by atoms with van der Waals surface area (Å²) in [5, 5.41) is 16.3. The van der Waals surface area contributed by atoms with Crippen LogP contribution in [-0.2, 0) is 17.8 Å². The smallest absolute Gasteiger partial charge is 0.257 e. The average molecular weight is 282 g/mol. The first-order valence-corrected chi connectivity index (χ1v) is 7.11. The summed E-state index contributed by atoms with van der Waals surface area (Å²) in [5.41, 5.74) is 3.73. The Labute approximate surface area is 123 Å². The molecular weight excluding hydrogens is 264 g/mol. The van der Waals surface area contributed by atoms with Gasteiger partial charge in [-0.3, -0.25) is 4.79 Å². The van der Waals surface area contributed by atoms with Crippen LogP contribution in [0, 0.1) is 0 Å². The molecule has 1 aliphatic rings. The predicted molar refractivity (Wildman–Crippen MR) is 81.9 cm³/mol. The fourth-order valence-corrected chi connectivity index (χ4v) is 2.62. The van der Waals surface area contributed by atoms with E-state index >= 15 is 0 Å². The van der Waals surface area contributed by atoms with Crippen molar-refractivity contribution in [1.82, 2.24) is 5.32 Å². The van der Waals surface area contributed by atoms with E-state index in [9.17, 15) is 9.90 Å². The van der Waals surface area contributed by atoms with Crippen molar-refractivity contribution in [3.05, 3.63) is 65.2 Å². The number of fused-ring (bicyclic) bond motifs is 1. The van der Waals surface area contributed by atoms with Gasteiger partial charge in [-0.05, 0) is 35.7 Å². The Hall–Kier alpha value is -2.17. The number of hydrogen-bond donors (Lipinski definition) is 3. The van der Waals surface area contributed by atoms with Gasteiger partial charge >= 0.3 is 0 Å². The number of hydrogen-bond acceptors (Lipinski definition) is 3. The molecule has 2 aromatic rings. The lowest BCUT2D eigenvalue weighted by atomic mass is 9.99. The molecule has 0 fully saturated rings. The molecule has 3 rings (SSSR count). The van der Waals surface area contributed by atoms with E-state index in [2.05, 4.69) is 16.7 Å². The highest BCUT2D eigenvalue weighted by Crippen LogP contribution is 2.24. The molecule has 1 aliphatic heterocycles. The third-order valence-electron chi connectivity index (χ3n) is 3.77. The Bertz CT molecular complexity index is 640. The molecule has 1 unspecified atom stereocenters. The van der Waals surface area contributed by atoms with Crippen molar-refractivity contribution in [3.8, 4) is 0 Å². The molecule has 0 aromatic heterocycles. The molecule has 0 spiro atoms. The molecule has 0 radical (unpaired) electrons. The van der Waals surface area contributed by atoms with E-state index in [-0.39, 0.29) is 0 Å². The summed E-state index contributed by atoms with van der Waals surface area (Å²) >= 11 is 0. The first-order chi connectivity index (χ1) is 10.3. The largest absolute Gasteiger partial charge is 0.378 e. The molecule has 3 N–H and O–H groups in total. The Kier molecular flexibility index (Phi) is 3.99. The van der Waals surface area contributed by atoms with Gasteiger partial charge in [0, 0.05) is 12.2 Å². The number of amides is 1. The van der Waals surface area contributed by atoms with Crippen LogP contribution < -0.4 is 10.6 Å². The number of carbonyl (C=O) groups excluding carboxylic acids is 1. The maximum absolute atomic E-state index is 12.2. The third-order valence-corrected chi connectivity index (χ3v) is 3.77. The molecule has 2 aromatic carbocycles. The van der Waals surface area contributed by atoms with Crippen molar-refractivity contribution in [2.45, 2.75) is 19.1 Å². The first-order valence-electron chi connectivity index (χ1n) is 7.11. The van der Waals surface area contributed by atoms with E-state index in [1.165, 1.54) is 5.56 Å². The van der Waals surface area contributed by atoms with E-state index in [0.29, 0.717) is 5.56 Å². The molecule has 1 amide bonds. The summed E-state index contributed by atoms with van der Waals surface area (Å²) in [5.74, 6) is -0.403. The summed E-state index contributed by atoms with van der Waals surface area (Å²) in [6.45, 7) is 1.70. The van der Waals surface area contributed by atoms with Crippen LogP contribution in [0.2, 0.25) is 0 Å². The van der Waals surface area contributed by atoms with Gasteiger partial charge in [-0.1, -0.05) is 42.5 Å². The summed E-state index contributed by atoms with van der Waals surface area (Å²) < 4.78 is 0. The number of rotatable bonds is 3. The van der Waals surface area contributed by atoms with Crippen molar-refractivity contribution in [2.75, 3.05) is 11.9 Å². The van der Waals surface area contributed by atoms with Gasteiger partial charge in [-0.2, -0.15) is 0 Å². The van der Waals surface area contributed by atoms with Crippen molar-refractivity contribution in [1.29, 1.82) is 0 Å². The number of benzene rings is 2. The zero-order chi connectivity index (χ0) is 14.7. The monoisotopic (exact) mass is 282 g/mol. The van der Waals surface area contributed by atoms with Gasteiger partial charge in [0.15, 0.2) is 6.10 Å². The number of carbonyl (C=O) groups is 1. The molecule has 1 atom stereocenters. The van der Waals surface area contributed by atoms with Gasteiger partial charge in [0.1, 0.15) is 0 Å². The van der Waals surface area contributed by atoms with Crippen molar-refractivity contribution in [2.24, 2.45) is 0 Å².